The highest BCUT2D eigenvalue weighted by Gasteiger charge is 2.15. The Morgan fingerprint density at radius 2 is 1.79 bits per heavy atom. The molecule has 3 aromatic heterocycles. The van der Waals surface area contributed by atoms with Crippen LogP contribution in [0.3, 0.4) is 0 Å². The quantitative estimate of drug-likeness (QED) is 0.488. The molecule has 1 N–H and O–H groups in total. The van der Waals surface area contributed by atoms with E-state index in [0.717, 1.165) is 16.6 Å². The molecule has 2 aromatic carbocycles. The molecule has 0 saturated carbocycles. The average Bonchev–Trinajstić information content (AvgIpc) is 3.36. The van der Waals surface area contributed by atoms with Gasteiger partial charge in [0.2, 0.25) is 12.4 Å². The van der Waals surface area contributed by atoms with E-state index in [4.69, 9.17) is 4.52 Å². The molecule has 0 spiro atoms. The maximum Gasteiger partial charge on any atom is 0.258 e. The summed E-state index contributed by atoms with van der Waals surface area (Å²) in [6.07, 6.45) is 3.78. The molecule has 0 fully saturated rings. The van der Waals surface area contributed by atoms with Gasteiger partial charge in [0.25, 0.3) is 5.89 Å². The monoisotopic (exact) mass is 372 g/mol. The highest BCUT2D eigenvalue weighted by Crippen LogP contribution is 2.22. The zero-order valence-electron chi connectivity index (χ0n) is 14.7. The lowest BCUT2D eigenvalue weighted by Crippen LogP contribution is -2.33. The first kappa shape index (κ1) is 16.3. The predicted octanol–water partition coefficient (Wildman–Crippen LogP) is 3.75. The number of fused-ring (bicyclic) bond motifs is 1. The number of nitrogens with one attached hydrogen (secondary N) is 1. The first-order valence-corrected chi connectivity index (χ1v) is 8.78. The lowest BCUT2D eigenvalue weighted by atomic mass is 10.2. The zero-order valence-corrected chi connectivity index (χ0v) is 14.7. The second kappa shape index (κ2) is 6.70. The van der Waals surface area contributed by atoms with Crippen LogP contribution in [0.4, 0.5) is 4.39 Å². The first-order chi connectivity index (χ1) is 13.8. The number of rotatable bonds is 4. The van der Waals surface area contributed by atoms with Gasteiger partial charge in [-0.05, 0) is 24.3 Å². The molecule has 0 radical (unpaired) electrons. The molecule has 3 heterocycles. The third-order valence-electron chi connectivity index (χ3n) is 4.42. The van der Waals surface area contributed by atoms with E-state index >= 15 is 0 Å². The van der Waals surface area contributed by atoms with Crippen LogP contribution in [0.5, 0.6) is 0 Å². The molecule has 0 unspecified atom stereocenters. The van der Waals surface area contributed by atoms with Crippen molar-refractivity contribution in [1.82, 2.24) is 20.1 Å². The predicted molar refractivity (Wildman–Crippen MR) is 101 cm³/mol. The maximum absolute atomic E-state index is 14.0. The van der Waals surface area contributed by atoms with Crippen molar-refractivity contribution >= 4 is 11.0 Å². The molecular weight excluding hydrogens is 357 g/mol. The van der Waals surface area contributed by atoms with E-state index in [1.807, 2.05) is 53.4 Å². The summed E-state index contributed by atoms with van der Waals surface area (Å²) in [5, 5.41) is 4.05. The average molecular weight is 372 g/mol. The second-order valence-electron chi connectivity index (χ2n) is 6.36. The number of pyridine rings is 1. The number of aromatic amines is 1. The second-order valence-corrected chi connectivity index (χ2v) is 6.36. The van der Waals surface area contributed by atoms with Crippen molar-refractivity contribution in [3.63, 3.8) is 0 Å². The summed E-state index contributed by atoms with van der Waals surface area (Å²) in [6, 6.07) is 18.1. The molecular formula is C21H15FN5O+. The molecule has 0 aliphatic carbocycles. The Bertz CT molecular complexity index is 1260. The van der Waals surface area contributed by atoms with Crippen molar-refractivity contribution in [2.75, 3.05) is 0 Å². The molecule has 0 aliphatic rings. The Morgan fingerprint density at radius 3 is 2.64 bits per heavy atom. The van der Waals surface area contributed by atoms with Gasteiger partial charge in [-0.3, -0.25) is 0 Å². The molecule has 5 rings (SSSR count). The summed E-state index contributed by atoms with van der Waals surface area (Å²) in [7, 11) is 0. The van der Waals surface area contributed by atoms with Gasteiger partial charge in [0.05, 0.1) is 5.56 Å². The summed E-state index contributed by atoms with van der Waals surface area (Å²) < 4.78 is 21.3. The normalized spacial score (nSPS) is 11.2. The van der Waals surface area contributed by atoms with Gasteiger partial charge in [-0.1, -0.05) is 35.5 Å². The molecule has 0 aliphatic heterocycles. The SMILES string of the molecule is Fc1ccccc1-c1nc2cc[n+](Cc3noc(-c4ccccc4)n3)cc2[nH]1. The molecule has 0 amide bonds. The fraction of sp³-hybridized carbons (Fsp3) is 0.0476. The summed E-state index contributed by atoms with van der Waals surface area (Å²) in [5.74, 6) is 1.24. The highest BCUT2D eigenvalue weighted by molar-refractivity contribution is 5.77. The van der Waals surface area contributed by atoms with Crippen molar-refractivity contribution in [3.05, 3.63) is 84.7 Å². The molecule has 136 valence electrons. The Labute approximate surface area is 159 Å². The molecule has 0 bridgehead atoms. The van der Waals surface area contributed by atoms with Crippen molar-refractivity contribution in [3.8, 4) is 22.8 Å². The smallest absolute Gasteiger partial charge is 0.258 e. The van der Waals surface area contributed by atoms with Gasteiger partial charge in [-0.2, -0.15) is 9.55 Å². The summed E-state index contributed by atoms with van der Waals surface area (Å²) in [6.45, 7) is 0.445. The van der Waals surface area contributed by atoms with Gasteiger partial charge >= 0.3 is 0 Å². The number of H-pyrrole nitrogens is 1. The lowest BCUT2D eigenvalue weighted by Gasteiger charge is -1.96. The van der Waals surface area contributed by atoms with Crippen LogP contribution in [0.15, 0.2) is 77.6 Å². The third kappa shape index (κ3) is 3.03. The van der Waals surface area contributed by atoms with E-state index in [9.17, 15) is 4.39 Å². The Kier molecular flexibility index (Phi) is 3.90. The van der Waals surface area contributed by atoms with Crippen molar-refractivity contribution in [1.29, 1.82) is 0 Å². The van der Waals surface area contributed by atoms with Crippen molar-refractivity contribution in [2.24, 2.45) is 0 Å². The minimum atomic E-state index is -0.310. The first-order valence-electron chi connectivity index (χ1n) is 8.78. The number of benzene rings is 2. The van der Waals surface area contributed by atoms with Crippen LogP contribution in [0.2, 0.25) is 0 Å². The zero-order chi connectivity index (χ0) is 18.9. The van der Waals surface area contributed by atoms with Gasteiger partial charge in [0, 0.05) is 11.6 Å². The van der Waals surface area contributed by atoms with Crippen LogP contribution < -0.4 is 4.57 Å². The highest BCUT2D eigenvalue weighted by atomic mass is 19.1. The fourth-order valence-corrected chi connectivity index (χ4v) is 3.06. The molecule has 6 nitrogen and oxygen atoms in total. The van der Waals surface area contributed by atoms with E-state index in [1.165, 1.54) is 6.07 Å². The third-order valence-corrected chi connectivity index (χ3v) is 4.42. The minimum absolute atomic E-state index is 0.310. The molecule has 5 aromatic rings. The van der Waals surface area contributed by atoms with Crippen LogP contribution in [0.25, 0.3) is 33.9 Å². The van der Waals surface area contributed by atoms with Gasteiger partial charge < -0.3 is 9.51 Å². The van der Waals surface area contributed by atoms with Crippen LogP contribution in [0.1, 0.15) is 5.82 Å². The minimum Gasteiger partial charge on any atom is -0.334 e. The van der Waals surface area contributed by atoms with Crippen LogP contribution in [-0.4, -0.2) is 20.1 Å². The number of halogens is 1. The van der Waals surface area contributed by atoms with Crippen LogP contribution in [0, 0.1) is 5.82 Å². The van der Waals surface area contributed by atoms with Crippen LogP contribution in [-0.2, 0) is 6.54 Å². The van der Waals surface area contributed by atoms with Gasteiger partial charge in [0.1, 0.15) is 22.7 Å². The van der Waals surface area contributed by atoms with E-state index in [-0.39, 0.29) is 5.82 Å². The summed E-state index contributed by atoms with van der Waals surface area (Å²) >= 11 is 0. The molecule has 0 atom stereocenters. The largest absolute Gasteiger partial charge is 0.334 e. The standard InChI is InChI=1S/C21H14FN5O/c22-16-9-5-4-8-15(16)20-23-17-10-11-27(12-18(17)24-20)13-19-25-21(28-26-19)14-6-2-1-3-7-14/h1-12H,13H2/p+1. The molecule has 0 saturated heterocycles. The summed E-state index contributed by atoms with van der Waals surface area (Å²) in [4.78, 5) is 12.1. The Hall–Kier alpha value is -3.87. The van der Waals surface area contributed by atoms with Crippen molar-refractivity contribution < 1.29 is 13.5 Å². The number of aromatic nitrogens is 5. The number of nitrogens with zero attached hydrogens (tertiary/aromatic N) is 4. The Morgan fingerprint density at radius 1 is 0.964 bits per heavy atom. The number of hydrogen-bond acceptors (Lipinski definition) is 4. The fourth-order valence-electron chi connectivity index (χ4n) is 3.06. The van der Waals surface area contributed by atoms with Gasteiger partial charge in [-0.25, -0.2) is 9.37 Å². The number of imidazole rings is 1. The van der Waals surface area contributed by atoms with Crippen LogP contribution >= 0.6 is 0 Å². The van der Waals surface area contributed by atoms with E-state index in [1.54, 1.807) is 18.2 Å². The van der Waals surface area contributed by atoms with Crippen molar-refractivity contribution in [2.45, 2.75) is 6.54 Å². The molecule has 28 heavy (non-hydrogen) atoms. The Balaban J connectivity index is 1.43. The lowest BCUT2D eigenvalue weighted by molar-refractivity contribution is -0.688. The summed E-state index contributed by atoms with van der Waals surface area (Å²) in [5.41, 5.74) is 2.88. The van der Waals surface area contributed by atoms with E-state index < -0.39 is 0 Å². The number of hydrogen-bond donors (Lipinski definition) is 1. The van der Waals surface area contributed by atoms with Gasteiger partial charge in [-0.15, -0.1) is 0 Å². The van der Waals surface area contributed by atoms with E-state index in [0.29, 0.717) is 29.6 Å². The maximum atomic E-state index is 14.0. The van der Waals surface area contributed by atoms with E-state index in [2.05, 4.69) is 20.1 Å². The molecule has 7 heteroatoms. The van der Waals surface area contributed by atoms with Gasteiger partial charge in [0.15, 0.2) is 12.4 Å². The topological polar surface area (TPSA) is 71.5 Å².